The molecule has 0 fully saturated rings. The number of Topliss-reactive ketones (excluding diaryl/α,β-unsaturated/α-hetero) is 1. The summed E-state index contributed by atoms with van der Waals surface area (Å²) in [6.45, 7) is 0.341. The largest absolute Gasteiger partial charge is 0.384 e. The van der Waals surface area contributed by atoms with E-state index in [2.05, 4.69) is 4.72 Å². The molecule has 0 radical (unpaired) electrons. The number of hydrogen-bond acceptors (Lipinski definition) is 4. The molecule has 0 saturated heterocycles. The minimum absolute atomic E-state index is 0.154. The molecule has 0 saturated carbocycles. The van der Waals surface area contributed by atoms with Crippen molar-refractivity contribution in [3.63, 3.8) is 0 Å². The predicted molar refractivity (Wildman–Crippen MR) is 71.1 cm³/mol. The van der Waals surface area contributed by atoms with E-state index in [9.17, 15) is 13.2 Å². The van der Waals surface area contributed by atoms with E-state index in [1.807, 2.05) is 0 Å². The minimum atomic E-state index is -3.78. The van der Waals surface area contributed by atoms with Crippen LogP contribution >= 0.6 is 0 Å². The van der Waals surface area contributed by atoms with Crippen LogP contribution in [0.1, 0.15) is 23.5 Å². The Labute approximate surface area is 112 Å². The quantitative estimate of drug-likeness (QED) is 0.843. The highest BCUT2D eigenvalue weighted by Gasteiger charge is 2.27. The smallest absolute Gasteiger partial charge is 0.296 e. The Hall–Kier alpha value is -1.44. The van der Waals surface area contributed by atoms with Gasteiger partial charge in [0.05, 0.1) is 18.2 Å². The van der Waals surface area contributed by atoms with Gasteiger partial charge >= 0.3 is 0 Å². The third-order valence-electron chi connectivity index (χ3n) is 3.14. The summed E-state index contributed by atoms with van der Waals surface area (Å²) in [4.78, 5) is 11.8. The normalized spacial score (nSPS) is 19.1. The van der Waals surface area contributed by atoms with Gasteiger partial charge in [-0.25, -0.2) is 5.14 Å². The maximum Gasteiger partial charge on any atom is 0.296 e. The van der Waals surface area contributed by atoms with Crippen LogP contribution in [0.5, 0.6) is 0 Å². The van der Waals surface area contributed by atoms with Gasteiger partial charge in [0.1, 0.15) is 5.78 Å². The average Bonchev–Trinajstić information content (AvgIpc) is 2.31. The summed E-state index contributed by atoms with van der Waals surface area (Å²) in [6, 6.07) is 5.07. The molecule has 6 nitrogen and oxygen atoms in total. The molecule has 0 heterocycles. The fraction of sp³-hybridized carbons (Fsp3) is 0.417. The van der Waals surface area contributed by atoms with Gasteiger partial charge in [0.15, 0.2) is 0 Å². The summed E-state index contributed by atoms with van der Waals surface area (Å²) in [5, 5.41) is 4.93. The molecule has 0 spiro atoms. The lowest BCUT2D eigenvalue weighted by Gasteiger charge is -2.24. The summed E-state index contributed by atoms with van der Waals surface area (Å²) >= 11 is 0. The van der Waals surface area contributed by atoms with Gasteiger partial charge in [-0.2, -0.15) is 8.42 Å². The molecule has 0 aromatic heterocycles. The highest BCUT2D eigenvalue weighted by atomic mass is 32.2. The number of ketones is 1. The number of fused-ring (bicyclic) bond motifs is 1. The fourth-order valence-corrected chi connectivity index (χ4v) is 2.80. The molecule has 3 N–H and O–H groups in total. The van der Waals surface area contributed by atoms with E-state index in [0.717, 1.165) is 11.1 Å². The number of anilines is 1. The highest BCUT2D eigenvalue weighted by Crippen LogP contribution is 2.31. The number of benzene rings is 1. The van der Waals surface area contributed by atoms with Crippen LogP contribution in [-0.2, 0) is 26.2 Å². The van der Waals surface area contributed by atoms with Crippen molar-refractivity contribution in [1.29, 1.82) is 0 Å². The highest BCUT2D eigenvalue weighted by molar-refractivity contribution is 7.90. The van der Waals surface area contributed by atoms with Crippen molar-refractivity contribution in [2.45, 2.75) is 18.8 Å². The molecule has 0 bridgehead atoms. The van der Waals surface area contributed by atoms with Crippen LogP contribution in [0, 0.1) is 0 Å². The van der Waals surface area contributed by atoms with Crippen LogP contribution in [0.25, 0.3) is 0 Å². The number of carbonyl (C=O) groups is 1. The Morgan fingerprint density at radius 2 is 2.16 bits per heavy atom. The number of hydrogen-bond donors (Lipinski definition) is 2. The zero-order chi connectivity index (χ0) is 14.0. The van der Waals surface area contributed by atoms with Gasteiger partial charge < -0.3 is 4.74 Å². The average molecular weight is 284 g/mol. The molecule has 7 heteroatoms. The predicted octanol–water partition coefficient (Wildman–Crippen LogP) is 0.547. The number of nitrogens with two attached hydrogens (primary N) is 1. The number of rotatable bonds is 4. The van der Waals surface area contributed by atoms with E-state index in [4.69, 9.17) is 9.88 Å². The lowest BCUT2D eigenvalue weighted by atomic mass is 9.82. The van der Waals surface area contributed by atoms with Crippen molar-refractivity contribution >= 4 is 21.7 Å². The summed E-state index contributed by atoms with van der Waals surface area (Å²) in [5.41, 5.74) is 2.26. The number of ether oxygens (including phenoxy) is 1. The van der Waals surface area contributed by atoms with Gasteiger partial charge in [-0.15, -0.1) is 0 Å². The molecule has 0 unspecified atom stereocenters. The SMILES string of the molecule is COC[C@@H]1C(=O)CCc2cc(NS(N)(=O)=O)ccc21. The zero-order valence-corrected chi connectivity index (χ0v) is 11.4. The Kier molecular flexibility index (Phi) is 3.88. The first-order chi connectivity index (χ1) is 8.90. The number of nitrogens with one attached hydrogen (secondary N) is 1. The van der Waals surface area contributed by atoms with Crippen LogP contribution in [0.15, 0.2) is 18.2 Å². The topological polar surface area (TPSA) is 98.5 Å². The zero-order valence-electron chi connectivity index (χ0n) is 10.5. The van der Waals surface area contributed by atoms with Gasteiger partial charge in [0.2, 0.25) is 0 Å². The molecule has 0 amide bonds. The summed E-state index contributed by atoms with van der Waals surface area (Å²) in [5.74, 6) is -0.112. The standard InChI is InChI=1S/C12H16N2O4S/c1-18-7-11-10-4-3-9(14-19(13,16)17)6-8(10)2-5-12(11)15/h3-4,6,11,14H,2,5,7H2,1H3,(H2,13,16,17)/t11-/m0/s1. The third kappa shape index (κ3) is 3.31. The first kappa shape index (κ1) is 14.0. The van der Waals surface area contributed by atoms with E-state index in [1.54, 1.807) is 25.3 Å². The van der Waals surface area contributed by atoms with Gasteiger partial charge in [0, 0.05) is 13.5 Å². The van der Waals surface area contributed by atoms with Gasteiger partial charge in [-0.3, -0.25) is 9.52 Å². The lowest BCUT2D eigenvalue weighted by Crippen LogP contribution is -2.25. The van der Waals surface area contributed by atoms with Crippen molar-refractivity contribution in [3.8, 4) is 0 Å². The second-order valence-electron chi connectivity index (χ2n) is 4.53. The van der Waals surface area contributed by atoms with Gasteiger partial charge in [-0.05, 0) is 29.7 Å². The van der Waals surface area contributed by atoms with Crippen molar-refractivity contribution in [2.24, 2.45) is 5.14 Å². The first-order valence-corrected chi connectivity index (χ1v) is 7.40. The van der Waals surface area contributed by atoms with Crippen molar-refractivity contribution in [3.05, 3.63) is 29.3 Å². The van der Waals surface area contributed by atoms with Crippen LogP contribution in [0.2, 0.25) is 0 Å². The van der Waals surface area contributed by atoms with Crippen molar-refractivity contribution in [2.75, 3.05) is 18.4 Å². The molecule has 0 aliphatic heterocycles. The number of aryl methyl sites for hydroxylation is 1. The van der Waals surface area contributed by atoms with Crippen LogP contribution in [0.3, 0.4) is 0 Å². The van der Waals surface area contributed by atoms with Crippen molar-refractivity contribution in [1.82, 2.24) is 0 Å². The van der Waals surface area contributed by atoms with Gasteiger partial charge in [0.25, 0.3) is 10.2 Å². The Bertz CT molecular complexity index is 598. The summed E-state index contributed by atoms with van der Waals surface area (Å²) in [7, 11) is -2.23. The third-order valence-corrected chi connectivity index (χ3v) is 3.66. The van der Waals surface area contributed by atoms with Crippen LogP contribution in [-0.4, -0.2) is 27.9 Å². The van der Waals surface area contributed by atoms with E-state index in [0.29, 0.717) is 25.1 Å². The number of methoxy groups -OCH3 is 1. The second kappa shape index (κ2) is 5.28. The number of carbonyl (C=O) groups excluding carboxylic acids is 1. The molecule has 1 aliphatic carbocycles. The van der Waals surface area contributed by atoms with Crippen LogP contribution in [0.4, 0.5) is 5.69 Å². The van der Waals surface area contributed by atoms with E-state index in [1.165, 1.54) is 0 Å². The second-order valence-corrected chi connectivity index (χ2v) is 5.83. The van der Waals surface area contributed by atoms with Crippen LogP contribution < -0.4 is 9.86 Å². The summed E-state index contributed by atoms with van der Waals surface area (Å²) in [6.07, 6.45) is 1.05. The maximum absolute atomic E-state index is 11.8. The van der Waals surface area contributed by atoms with Gasteiger partial charge in [-0.1, -0.05) is 6.07 Å². The Balaban J connectivity index is 2.33. The molecule has 104 valence electrons. The molecule has 2 rings (SSSR count). The Morgan fingerprint density at radius 3 is 2.79 bits per heavy atom. The molecule has 1 atom stereocenters. The first-order valence-electron chi connectivity index (χ1n) is 5.85. The molecule has 19 heavy (non-hydrogen) atoms. The van der Waals surface area contributed by atoms with E-state index >= 15 is 0 Å². The maximum atomic E-state index is 11.8. The molecule has 1 aliphatic rings. The van der Waals surface area contributed by atoms with E-state index < -0.39 is 10.2 Å². The molecular formula is C12H16N2O4S. The molecular weight excluding hydrogens is 268 g/mol. The Morgan fingerprint density at radius 1 is 1.42 bits per heavy atom. The lowest BCUT2D eigenvalue weighted by molar-refractivity contribution is -0.122. The fourth-order valence-electron chi connectivity index (χ4n) is 2.34. The summed E-state index contributed by atoms with van der Waals surface area (Å²) < 4.78 is 29.3. The van der Waals surface area contributed by atoms with Crippen molar-refractivity contribution < 1.29 is 17.9 Å². The molecule has 1 aromatic carbocycles. The molecule has 1 aromatic rings. The minimum Gasteiger partial charge on any atom is -0.384 e. The monoisotopic (exact) mass is 284 g/mol. The van der Waals surface area contributed by atoms with E-state index in [-0.39, 0.29) is 11.7 Å².